The molecule has 1 aromatic carbocycles. The third-order valence-corrected chi connectivity index (χ3v) is 5.06. The van der Waals surface area contributed by atoms with E-state index in [1.807, 2.05) is 30.3 Å². The average Bonchev–Trinajstić information content (AvgIpc) is 2.86. The minimum atomic E-state index is -1.46. The molecule has 4 nitrogen and oxygen atoms in total. The van der Waals surface area contributed by atoms with Gasteiger partial charge in [-0.2, -0.15) is 0 Å². The van der Waals surface area contributed by atoms with Crippen LogP contribution in [0.3, 0.4) is 0 Å². The van der Waals surface area contributed by atoms with Crippen molar-refractivity contribution in [2.75, 3.05) is 0 Å². The molecule has 1 N–H and O–H groups in total. The Labute approximate surface area is 135 Å². The third kappa shape index (κ3) is 2.09. The van der Waals surface area contributed by atoms with Gasteiger partial charge >= 0.3 is 0 Å². The van der Waals surface area contributed by atoms with Gasteiger partial charge in [-0.25, -0.2) is 0 Å². The smallest absolute Gasteiger partial charge is 0.257 e. The molecule has 2 aliphatic rings. The van der Waals surface area contributed by atoms with Gasteiger partial charge in [0.15, 0.2) is 0 Å². The van der Waals surface area contributed by atoms with Gasteiger partial charge in [0, 0.05) is 23.4 Å². The molecule has 2 heterocycles. The van der Waals surface area contributed by atoms with Crippen molar-refractivity contribution in [2.24, 2.45) is 0 Å². The lowest BCUT2D eigenvalue weighted by Crippen LogP contribution is -2.51. The summed E-state index contributed by atoms with van der Waals surface area (Å²) in [6, 6.07) is 12.9. The van der Waals surface area contributed by atoms with Crippen LogP contribution in [-0.2, 0) is 5.72 Å². The Bertz CT molecular complexity index is 725. The Hall–Kier alpha value is -2.20. The van der Waals surface area contributed by atoms with Crippen LogP contribution in [0.2, 0.25) is 0 Å². The Morgan fingerprint density at radius 1 is 1.04 bits per heavy atom. The van der Waals surface area contributed by atoms with E-state index in [0.717, 1.165) is 25.7 Å². The fraction of sp³-hybridized carbons (Fsp3) is 0.368. The second-order valence-corrected chi connectivity index (χ2v) is 6.40. The number of benzene rings is 1. The molecule has 1 aliphatic carbocycles. The maximum absolute atomic E-state index is 13.0. The monoisotopic (exact) mass is 308 g/mol. The van der Waals surface area contributed by atoms with E-state index in [9.17, 15) is 9.90 Å². The number of carbonyl (C=O) groups excluding carboxylic acids is 1. The molecule has 2 aromatic rings. The van der Waals surface area contributed by atoms with Crippen molar-refractivity contribution in [2.45, 2.75) is 43.9 Å². The molecule has 0 spiro atoms. The molecule has 0 bridgehead atoms. The lowest BCUT2D eigenvalue weighted by atomic mass is 9.91. The van der Waals surface area contributed by atoms with Gasteiger partial charge < -0.3 is 5.11 Å². The van der Waals surface area contributed by atoms with Crippen LogP contribution < -0.4 is 0 Å². The lowest BCUT2D eigenvalue weighted by Gasteiger charge is -2.41. The van der Waals surface area contributed by atoms with Gasteiger partial charge in [-0.1, -0.05) is 43.5 Å². The van der Waals surface area contributed by atoms with Crippen molar-refractivity contribution in [3.63, 3.8) is 0 Å². The summed E-state index contributed by atoms with van der Waals surface area (Å²) in [6.45, 7) is 0. The van der Waals surface area contributed by atoms with Gasteiger partial charge in [-0.3, -0.25) is 14.7 Å². The molecule has 1 amide bonds. The molecule has 1 aromatic heterocycles. The van der Waals surface area contributed by atoms with Gasteiger partial charge in [0.25, 0.3) is 5.91 Å². The fourth-order valence-electron chi connectivity index (χ4n) is 3.98. The summed E-state index contributed by atoms with van der Waals surface area (Å²) in [4.78, 5) is 19.1. The van der Waals surface area contributed by atoms with E-state index in [2.05, 4.69) is 4.98 Å². The Balaban J connectivity index is 1.89. The zero-order chi connectivity index (χ0) is 15.9. The van der Waals surface area contributed by atoms with E-state index in [4.69, 9.17) is 0 Å². The molecule has 1 fully saturated rings. The van der Waals surface area contributed by atoms with Gasteiger partial charge in [0.05, 0.1) is 5.69 Å². The number of hydrogen-bond acceptors (Lipinski definition) is 3. The summed E-state index contributed by atoms with van der Waals surface area (Å²) >= 11 is 0. The highest BCUT2D eigenvalue weighted by molar-refractivity contribution is 6.00. The molecule has 0 radical (unpaired) electrons. The van der Waals surface area contributed by atoms with Gasteiger partial charge in [-0.05, 0) is 31.0 Å². The van der Waals surface area contributed by atoms with Crippen LogP contribution in [0.1, 0.15) is 53.7 Å². The molecular formula is C19H20N2O2. The Morgan fingerprint density at radius 3 is 2.52 bits per heavy atom. The number of amides is 1. The maximum atomic E-state index is 13.0. The number of hydrogen-bond donors (Lipinski definition) is 1. The topological polar surface area (TPSA) is 53.4 Å². The Morgan fingerprint density at radius 2 is 1.78 bits per heavy atom. The van der Waals surface area contributed by atoms with E-state index >= 15 is 0 Å². The predicted molar refractivity (Wildman–Crippen MR) is 86.7 cm³/mol. The number of pyridine rings is 1. The molecule has 4 heteroatoms. The quantitative estimate of drug-likeness (QED) is 0.927. The highest BCUT2D eigenvalue weighted by atomic mass is 16.3. The van der Waals surface area contributed by atoms with Crippen LogP contribution in [0.5, 0.6) is 0 Å². The van der Waals surface area contributed by atoms with E-state index in [1.165, 1.54) is 6.42 Å². The van der Waals surface area contributed by atoms with Crippen LogP contribution in [0.15, 0.2) is 48.7 Å². The van der Waals surface area contributed by atoms with Crippen LogP contribution in [-0.4, -0.2) is 26.9 Å². The van der Waals surface area contributed by atoms with Crippen LogP contribution >= 0.6 is 0 Å². The molecule has 1 saturated carbocycles. The van der Waals surface area contributed by atoms with Crippen molar-refractivity contribution in [1.29, 1.82) is 0 Å². The van der Waals surface area contributed by atoms with E-state index in [1.54, 1.807) is 23.2 Å². The lowest BCUT2D eigenvalue weighted by molar-refractivity contribution is -0.0784. The molecule has 23 heavy (non-hydrogen) atoms. The van der Waals surface area contributed by atoms with Crippen LogP contribution in [0.25, 0.3) is 0 Å². The average molecular weight is 308 g/mol. The summed E-state index contributed by atoms with van der Waals surface area (Å²) in [6.07, 6.45) is 6.95. The number of rotatable bonds is 2. The minimum absolute atomic E-state index is 0.0654. The Kier molecular flexibility index (Phi) is 3.42. The number of aromatic nitrogens is 1. The fourth-order valence-corrected chi connectivity index (χ4v) is 3.98. The summed E-state index contributed by atoms with van der Waals surface area (Å²) < 4.78 is 0. The zero-order valence-corrected chi connectivity index (χ0v) is 13.0. The summed E-state index contributed by atoms with van der Waals surface area (Å²) in [5.41, 5.74) is 0.293. The van der Waals surface area contributed by atoms with Crippen LogP contribution in [0.4, 0.5) is 0 Å². The second-order valence-electron chi connectivity index (χ2n) is 6.40. The second kappa shape index (κ2) is 5.46. The third-order valence-electron chi connectivity index (χ3n) is 5.06. The zero-order valence-electron chi connectivity index (χ0n) is 13.0. The molecule has 1 unspecified atom stereocenters. The molecular weight excluding hydrogens is 288 g/mol. The van der Waals surface area contributed by atoms with Crippen LogP contribution in [0, 0.1) is 0 Å². The highest BCUT2D eigenvalue weighted by Gasteiger charge is 2.53. The van der Waals surface area contributed by atoms with Crippen molar-refractivity contribution < 1.29 is 9.90 Å². The summed E-state index contributed by atoms with van der Waals surface area (Å²) in [5.74, 6) is -0.0827. The number of nitrogens with zero attached hydrogens (tertiary/aromatic N) is 2. The molecule has 1 atom stereocenters. The molecule has 1 aliphatic heterocycles. The predicted octanol–water partition coefficient (Wildman–Crippen LogP) is 3.06. The maximum Gasteiger partial charge on any atom is 0.257 e. The number of carbonyl (C=O) groups is 1. The van der Waals surface area contributed by atoms with Gasteiger partial charge in [0.1, 0.15) is 0 Å². The van der Waals surface area contributed by atoms with E-state index in [-0.39, 0.29) is 11.9 Å². The normalized spacial score (nSPS) is 24.7. The standard InChI is InChI=1S/C19H20N2O2/c22-18-15-10-4-5-11-16(15)19(23,17-12-6-7-13-20-17)21(18)14-8-2-1-3-9-14/h4-7,10-14,23H,1-3,8-9H2. The van der Waals surface area contributed by atoms with Gasteiger partial charge in [-0.15, -0.1) is 0 Å². The minimum Gasteiger partial charge on any atom is -0.362 e. The van der Waals surface area contributed by atoms with E-state index < -0.39 is 5.72 Å². The first-order chi connectivity index (χ1) is 11.2. The van der Waals surface area contributed by atoms with Crippen molar-refractivity contribution >= 4 is 5.91 Å². The first kappa shape index (κ1) is 14.4. The highest BCUT2D eigenvalue weighted by Crippen LogP contribution is 2.44. The van der Waals surface area contributed by atoms with Crippen molar-refractivity contribution in [1.82, 2.24) is 9.88 Å². The summed E-state index contributed by atoms with van der Waals surface area (Å²) in [5, 5.41) is 11.6. The molecule has 4 rings (SSSR count). The first-order valence-corrected chi connectivity index (χ1v) is 8.30. The number of aliphatic hydroxyl groups is 1. The first-order valence-electron chi connectivity index (χ1n) is 8.30. The van der Waals surface area contributed by atoms with E-state index in [0.29, 0.717) is 16.8 Å². The largest absolute Gasteiger partial charge is 0.362 e. The number of fused-ring (bicyclic) bond motifs is 1. The summed E-state index contributed by atoms with van der Waals surface area (Å²) in [7, 11) is 0. The SMILES string of the molecule is O=C1c2ccccc2C(O)(c2ccccn2)N1C1CCCCC1. The van der Waals surface area contributed by atoms with Crippen molar-refractivity contribution in [3.05, 3.63) is 65.5 Å². The molecule has 0 saturated heterocycles. The van der Waals surface area contributed by atoms with Crippen molar-refractivity contribution in [3.8, 4) is 0 Å². The van der Waals surface area contributed by atoms with Gasteiger partial charge in [0.2, 0.25) is 5.72 Å². The molecule has 118 valence electrons.